The minimum absolute atomic E-state index is 0.166. The van der Waals surface area contributed by atoms with E-state index in [0.29, 0.717) is 36.5 Å². The largest absolute Gasteiger partial charge is 0.350 e. The summed E-state index contributed by atoms with van der Waals surface area (Å²) in [4.78, 5) is 45.7. The Morgan fingerprint density at radius 3 is 2.54 bits per heavy atom. The van der Waals surface area contributed by atoms with Crippen molar-refractivity contribution in [1.82, 2.24) is 25.8 Å². The molecule has 0 spiro atoms. The van der Waals surface area contributed by atoms with Gasteiger partial charge in [0.05, 0.1) is 15.2 Å². The van der Waals surface area contributed by atoms with Gasteiger partial charge in [-0.05, 0) is 56.5 Å². The van der Waals surface area contributed by atoms with Crippen molar-refractivity contribution in [3.8, 4) is 0 Å². The van der Waals surface area contributed by atoms with Crippen LogP contribution in [0.3, 0.4) is 0 Å². The van der Waals surface area contributed by atoms with Crippen LogP contribution >= 0.6 is 22.9 Å². The fourth-order valence-electron chi connectivity index (χ4n) is 5.01. The van der Waals surface area contributed by atoms with E-state index in [-0.39, 0.29) is 36.1 Å². The van der Waals surface area contributed by atoms with E-state index in [2.05, 4.69) is 46.3 Å². The zero-order chi connectivity index (χ0) is 28.4. The van der Waals surface area contributed by atoms with Crippen LogP contribution in [-0.2, 0) is 20.8 Å². The van der Waals surface area contributed by atoms with Crippen LogP contribution in [0.1, 0.15) is 64.3 Å². The highest BCUT2D eigenvalue weighted by Crippen LogP contribution is 2.28. The Balaban J connectivity index is 1.71. The molecule has 2 atom stereocenters. The lowest BCUT2D eigenvalue weighted by Gasteiger charge is -2.28. The number of carbonyl (C=O) groups excluding carboxylic acids is 3. The zero-order valence-electron chi connectivity index (χ0n) is 23.4. The lowest BCUT2D eigenvalue weighted by Crippen LogP contribution is -2.55. The number of benzene rings is 1. The molecular weight excluding hydrogens is 534 g/mol. The molecule has 2 aromatic rings. The highest BCUT2D eigenvalue weighted by atomic mass is 35.5. The fraction of sp³-hybridized carbons (Fsp3) is 0.586. The van der Waals surface area contributed by atoms with Crippen molar-refractivity contribution in [2.75, 3.05) is 26.2 Å². The summed E-state index contributed by atoms with van der Waals surface area (Å²) in [6.45, 7) is 12.5. The van der Waals surface area contributed by atoms with Gasteiger partial charge >= 0.3 is 0 Å². The molecule has 0 bridgehead atoms. The Morgan fingerprint density at radius 1 is 1.15 bits per heavy atom. The molecule has 0 saturated heterocycles. The van der Waals surface area contributed by atoms with Crippen LogP contribution in [0.2, 0.25) is 5.02 Å². The standard InChI is InChI=1S/C29H42ClN5O3S/c1-5-10-26(36)32-23(16-27-33-22-14-13-21(30)15-25(22)39-27)29(38)34-24(20-11-8-9-12-20)17-31-28(37)19(4)18-35(6-2)7-3/h13-15,20,23-24H,4-12,16-18H2,1-3H3,(H,31,37)(H,32,36)(H,34,38)/t23-,24+/m0/s1. The molecule has 1 aliphatic carbocycles. The quantitative estimate of drug-likeness (QED) is 0.272. The summed E-state index contributed by atoms with van der Waals surface area (Å²) in [7, 11) is 0. The zero-order valence-corrected chi connectivity index (χ0v) is 24.9. The van der Waals surface area contributed by atoms with Crippen molar-refractivity contribution >= 4 is 50.9 Å². The van der Waals surface area contributed by atoms with Crippen molar-refractivity contribution < 1.29 is 14.4 Å². The van der Waals surface area contributed by atoms with Gasteiger partial charge < -0.3 is 16.0 Å². The van der Waals surface area contributed by atoms with Gasteiger partial charge in [-0.3, -0.25) is 19.3 Å². The summed E-state index contributed by atoms with van der Waals surface area (Å²) < 4.78 is 0.938. The van der Waals surface area contributed by atoms with Gasteiger partial charge in [-0.2, -0.15) is 0 Å². The van der Waals surface area contributed by atoms with Crippen LogP contribution in [0.15, 0.2) is 30.4 Å². The van der Waals surface area contributed by atoms with E-state index < -0.39 is 6.04 Å². The van der Waals surface area contributed by atoms with Crippen LogP contribution in [0.5, 0.6) is 0 Å². The molecule has 1 aromatic carbocycles. The van der Waals surface area contributed by atoms with Crippen molar-refractivity contribution in [2.45, 2.75) is 77.8 Å². The highest BCUT2D eigenvalue weighted by molar-refractivity contribution is 7.18. The Morgan fingerprint density at radius 2 is 1.87 bits per heavy atom. The number of hydrogen-bond donors (Lipinski definition) is 3. The predicted octanol–water partition coefficient (Wildman–Crippen LogP) is 4.47. The van der Waals surface area contributed by atoms with E-state index in [1.54, 1.807) is 6.07 Å². The fourth-order valence-corrected chi connectivity index (χ4v) is 6.29. The minimum Gasteiger partial charge on any atom is -0.350 e. The van der Waals surface area contributed by atoms with Gasteiger partial charge in [0.2, 0.25) is 17.7 Å². The average Bonchev–Trinajstić information content (AvgIpc) is 3.58. The van der Waals surface area contributed by atoms with E-state index in [0.717, 1.165) is 54.0 Å². The SMILES string of the molecule is C=C(CN(CC)CC)C(=O)NC[C@@H](NC(=O)[C@H](Cc1nc2ccc(Cl)cc2s1)NC(=O)CCC)C1CCCC1. The molecule has 10 heteroatoms. The lowest BCUT2D eigenvalue weighted by molar-refractivity contribution is -0.129. The average molecular weight is 576 g/mol. The summed E-state index contributed by atoms with van der Waals surface area (Å²) in [6, 6.07) is 4.50. The first-order chi connectivity index (χ1) is 18.7. The van der Waals surface area contributed by atoms with Crippen LogP contribution in [0.25, 0.3) is 10.2 Å². The second kappa shape index (κ2) is 15.3. The molecule has 3 N–H and O–H groups in total. The molecule has 214 valence electrons. The maximum atomic E-state index is 13.6. The van der Waals surface area contributed by atoms with Crippen LogP contribution in [-0.4, -0.2) is 65.9 Å². The molecule has 1 saturated carbocycles. The van der Waals surface area contributed by atoms with Gasteiger partial charge in [-0.15, -0.1) is 11.3 Å². The molecule has 39 heavy (non-hydrogen) atoms. The summed E-state index contributed by atoms with van der Waals surface area (Å²) in [5.41, 5.74) is 1.32. The van der Waals surface area contributed by atoms with Crippen LogP contribution in [0, 0.1) is 5.92 Å². The Hall–Kier alpha value is -2.49. The molecule has 3 amide bonds. The van der Waals surface area contributed by atoms with Crippen LogP contribution in [0.4, 0.5) is 0 Å². The monoisotopic (exact) mass is 575 g/mol. The summed E-state index contributed by atoms with van der Waals surface area (Å²) in [5, 5.41) is 10.5. The molecule has 0 radical (unpaired) electrons. The molecule has 1 heterocycles. The van der Waals surface area contributed by atoms with Gasteiger partial charge in [0.15, 0.2) is 0 Å². The number of thiazole rings is 1. The summed E-state index contributed by atoms with van der Waals surface area (Å²) >= 11 is 7.61. The second-order valence-electron chi connectivity index (χ2n) is 10.2. The van der Waals surface area contributed by atoms with Crippen molar-refractivity contribution in [3.05, 3.63) is 40.4 Å². The third kappa shape index (κ3) is 9.29. The number of carbonyl (C=O) groups is 3. The van der Waals surface area contributed by atoms with E-state index in [1.165, 1.54) is 11.3 Å². The molecular formula is C29H42ClN5O3S. The number of likely N-dealkylation sites (N-methyl/N-ethyl adjacent to an activating group) is 1. The molecule has 1 aliphatic rings. The van der Waals surface area contributed by atoms with Crippen LogP contribution < -0.4 is 16.0 Å². The Kier molecular flexibility index (Phi) is 12.2. The highest BCUT2D eigenvalue weighted by Gasteiger charge is 2.30. The lowest BCUT2D eigenvalue weighted by atomic mass is 9.97. The summed E-state index contributed by atoms with van der Waals surface area (Å²) in [6.07, 6.45) is 5.50. The van der Waals surface area contributed by atoms with Crippen molar-refractivity contribution in [2.24, 2.45) is 5.92 Å². The maximum Gasteiger partial charge on any atom is 0.247 e. The molecule has 8 nitrogen and oxygen atoms in total. The predicted molar refractivity (Wildman–Crippen MR) is 159 cm³/mol. The molecule has 1 fully saturated rings. The van der Waals surface area contributed by atoms with Gasteiger partial charge in [0.25, 0.3) is 0 Å². The topological polar surface area (TPSA) is 103 Å². The molecule has 0 aliphatic heterocycles. The van der Waals surface area contributed by atoms with E-state index in [4.69, 9.17) is 11.6 Å². The maximum absolute atomic E-state index is 13.6. The summed E-state index contributed by atoms with van der Waals surface area (Å²) in [5.74, 6) is -0.355. The number of halogens is 1. The van der Waals surface area contributed by atoms with Gasteiger partial charge in [-0.1, -0.05) is 51.8 Å². The number of amides is 3. The van der Waals surface area contributed by atoms with Gasteiger partial charge in [0.1, 0.15) is 6.04 Å². The number of nitrogens with one attached hydrogen (secondary N) is 3. The smallest absolute Gasteiger partial charge is 0.247 e. The second-order valence-corrected chi connectivity index (χ2v) is 11.8. The normalized spacial score (nSPS) is 15.3. The third-order valence-corrected chi connectivity index (χ3v) is 8.59. The molecule has 1 aromatic heterocycles. The van der Waals surface area contributed by atoms with Crippen molar-refractivity contribution in [1.29, 1.82) is 0 Å². The minimum atomic E-state index is -0.766. The number of hydrogen-bond acceptors (Lipinski definition) is 6. The number of aromatic nitrogens is 1. The molecule has 0 unspecified atom stereocenters. The Labute approximate surface area is 241 Å². The van der Waals surface area contributed by atoms with Gasteiger partial charge in [-0.25, -0.2) is 4.98 Å². The van der Waals surface area contributed by atoms with E-state index in [1.807, 2.05) is 19.1 Å². The Bertz CT molecular complexity index is 1140. The van der Waals surface area contributed by atoms with E-state index in [9.17, 15) is 14.4 Å². The first-order valence-corrected chi connectivity index (χ1v) is 15.3. The number of rotatable bonds is 15. The first-order valence-electron chi connectivity index (χ1n) is 14.1. The number of fused-ring (bicyclic) bond motifs is 1. The van der Waals surface area contributed by atoms with Gasteiger partial charge in [0, 0.05) is 42.6 Å². The van der Waals surface area contributed by atoms with E-state index >= 15 is 0 Å². The third-order valence-electron chi connectivity index (χ3n) is 7.31. The van der Waals surface area contributed by atoms with Crippen molar-refractivity contribution in [3.63, 3.8) is 0 Å². The number of nitrogens with zero attached hydrogens (tertiary/aromatic N) is 2. The first kappa shape index (κ1) is 31.0. The molecule has 3 rings (SSSR count).